The Bertz CT molecular complexity index is 436. The van der Waals surface area contributed by atoms with Crippen LogP contribution in [0.1, 0.15) is 57.2 Å². The summed E-state index contributed by atoms with van der Waals surface area (Å²) in [7, 11) is 0. The highest BCUT2D eigenvalue weighted by atomic mass is 16.3. The van der Waals surface area contributed by atoms with E-state index in [-0.39, 0.29) is 17.4 Å². The highest BCUT2D eigenvalue weighted by molar-refractivity contribution is 5.92. The number of amides is 1. The SMILES string of the molecule is CC(C)Cc1cc(C(=O)NCC(C)(C)CC(C)O)n[nH]1. The molecule has 0 bridgehead atoms. The molecule has 0 aliphatic carbocycles. The van der Waals surface area contributed by atoms with E-state index in [4.69, 9.17) is 0 Å². The van der Waals surface area contributed by atoms with Crippen LogP contribution in [0.4, 0.5) is 0 Å². The Morgan fingerprint density at radius 3 is 2.65 bits per heavy atom. The first-order chi connectivity index (χ1) is 9.19. The fourth-order valence-corrected chi connectivity index (χ4v) is 2.30. The molecule has 5 nitrogen and oxygen atoms in total. The number of hydrogen-bond acceptors (Lipinski definition) is 3. The fraction of sp³-hybridized carbons (Fsp3) is 0.733. The van der Waals surface area contributed by atoms with Gasteiger partial charge in [0, 0.05) is 12.2 Å². The minimum absolute atomic E-state index is 0.138. The van der Waals surface area contributed by atoms with Crippen LogP contribution in [0.25, 0.3) is 0 Å². The van der Waals surface area contributed by atoms with Crippen LogP contribution in [0.2, 0.25) is 0 Å². The number of aliphatic hydroxyl groups is 1. The van der Waals surface area contributed by atoms with E-state index in [9.17, 15) is 9.90 Å². The van der Waals surface area contributed by atoms with Crippen LogP contribution >= 0.6 is 0 Å². The van der Waals surface area contributed by atoms with E-state index < -0.39 is 0 Å². The van der Waals surface area contributed by atoms with Crippen molar-refractivity contribution in [1.82, 2.24) is 15.5 Å². The van der Waals surface area contributed by atoms with Crippen LogP contribution in [0.15, 0.2) is 6.07 Å². The average molecular weight is 281 g/mol. The molecule has 1 amide bonds. The van der Waals surface area contributed by atoms with Crippen LogP contribution in [-0.4, -0.2) is 33.9 Å². The number of aromatic nitrogens is 2. The predicted molar refractivity (Wildman–Crippen MR) is 79.5 cm³/mol. The van der Waals surface area contributed by atoms with Gasteiger partial charge in [0.25, 0.3) is 5.91 Å². The molecule has 1 aromatic rings. The molecule has 0 radical (unpaired) electrons. The molecule has 0 saturated carbocycles. The van der Waals surface area contributed by atoms with E-state index in [2.05, 4.69) is 29.4 Å². The molecule has 0 saturated heterocycles. The molecule has 0 aliphatic rings. The number of hydrogen-bond donors (Lipinski definition) is 3. The van der Waals surface area contributed by atoms with E-state index in [0.29, 0.717) is 24.6 Å². The van der Waals surface area contributed by atoms with Gasteiger partial charge in [-0.3, -0.25) is 9.89 Å². The van der Waals surface area contributed by atoms with Gasteiger partial charge in [-0.2, -0.15) is 5.10 Å². The van der Waals surface area contributed by atoms with Crippen LogP contribution in [-0.2, 0) is 6.42 Å². The molecule has 0 spiro atoms. The number of nitrogens with one attached hydrogen (secondary N) is 2. The molecule has 0 aliphatic heterocycles. The zero-order chi connectivity index (χ0) is 15.3. The van der Waals surface area contributed by atoms with Crippen molar-refractivity contribution in [2.75, 3.05) is 6.54 Å². The number of nitrogens with zero attached hydrogens (tertiary/aromatic N) is 1. The first kappa shape index (κ1) is 16.7. The summed E-state index contributed by atoms with van der Waals surface area (Å²) in [6.45, 7) is 10.6. The normalized spacial score (nSPS) is 13.6. The van der Waals surface area contributed by atoms with E-state index >= 15 is 0 Å². The van der Waals surface area contributed by atoms with Crippen molar-refractivity contribution in [3.63, 3.8) is 0 Å². The number of rotatable bonds is 7. The molecule has 0 aromatic carbocycles. The van der Waals surface area contributed by atoms with Crippen LogP contribution in [0.3, 0.4) is 0 Å². The Morgan fingerprint density at radius 2 is 2.10 bits per heavy atom. The monoisotopic (exact) mass is 281 g/mol. The minimum atomic E-state index is -0.370. The number of carbonyl (C=O) groups excluding carboxylic acids is 1. The fourth-order valence-electron chi connectivity index (χ4n) is 2.30. The van der Waals surface area contributed by atoms with Crippen LogP contribution in [0.5, 0.6) is 0 Å². The average Bonchev–Trinajstić information content (AvgIpc) is 2.71. The van der Waals surface area contributed by atoms with Gasteiger partial charge in [0.2, 0.25) is 0 Å². The van der Waals surface area contributed by atoms with Crippen LogP contribution < -0.4 is 5.32 Å². The number of H-pyrrole nitrogens is 1. The third kappa shape index (κ3) is 5.74. The summed E-state index contributed by atoms with van der Waals surface area (Å²) in [6.07, 6.45) is 1.16. The summed E-state index contributed by atoms with van der Waals surface area (Å²) in [5, 5.41) is 19.2. The lowest BCUT2D eigenvalue weighted by Crippen LogP contribution is -2.35. The lowest BCUT2D eigenvalue weighted by atomic mass is 9.87. The van der Waals surface area contributed by atoms with Crippen molar-refractivity contribution in [2.45, 2.75) is 53.6 Å². The van der Waals surface area contributed by atoms with Gasteiger partial charge >= 0.3 is 0 Å². The topological polar surface area (TPSA) is 78.0 Å². The van der Waals surface area contributed by atoms with E-state index in [1.54, 1.807) is 13.0 Å². The maximum atomic E-state index is 12.0. The van der Waals surface area contributed by atoms with Gasteiger partial charge in [-0.15, -0.1) is 0 Å². The largest absolute Gasteiger partial charge is 0.393 e. The minimum Gasteiger partial charge on any atom is -0.393 e. The third-order valence-electron chi connectivity index (χ3n) is 3.07. The summed E-state index contributed by atoms with van der Waals surface area (Å²) in [4.78, 5) is 12.0. The Balaban J connectivity index is 2.52. The zero-order valence-electron chi connectivity index (χ0n) is 13.2. The molecule has 0 fully saturated rings. The first-order valence-corrected chi connectivity index (χ1v) is 7.20. The van der Waals surface area contributed by atoms with Crippen molar-refractivity contribution < 1.29 is 9.90 Å². The van der Waals surface area contributed by atoms with Gasteiger partial charge in [0.1, 0.15) is 5.69 Å². The lowest BCUT2D eigenvalue weighted by molar-refractivity contribution is 0.0897. The second kappa shape index (κ2) is 6.88. The second-order valence-electron chi connectivity index (χ2n) is 6.78. The zero-order valence-corrected chi connectivity index (χ0v) is 13.2. The molecule has 1 rings (SSSR count). The van der Waals surface area contributed by atoms with E-state index in [1.165, 1.54) is 0 Å². The summed E-state index contributed by atoms with van der Waals surface area (Å²) in [6, 6.07) is 1.80. The van der Waals surface area contributed by atoms with Crippen molar-refractivity contribution >= 4 is 5.91 Å². The molecular formula is C15H27N3O2. The van der Waals surface area contributed by atoms with E-state index in [0.717, 1.165) is 12.1 Å². The van der Waals surface area contributed by atoms with Crippen LogP contribution in [0, 0.1) is 11.3 Å². The van der Waals surface area contributed by atoms with Gasteiger partial charge in [0.05, 0.1) is 6.10 Å². The number of aliphatic hydroxyl groups excluding tert-OH is 1. The van der Waals surface area contributed by atoms with Gasteiger partial charge in [-0.05, 0) is 37.2 Å². The lowest BCUT2D eigenvalue weighted by Gasteiger charge is -2.26. The predicted octanol–water partition coefficient (Wildman–Crippen LogP) is 2.14. The molecule has 1 aromatic heterocycles. The molecular weight excluding hydrogens is 254 g/mol. The quantitative estimate of drug-likeness (QED) is 0.716. The maximum Gasteiger partial charge on any atom is 0.271 e. The summed E-state index contributed by atoms with van der Waals surface area (Å²) in [5.74, 6) is 0.353. The highest BCUT2D eigenvalue weighted by Crippen LogP contribution is 2.21. The number of aromatic amines is 1. The molecule has 114 valence electrons. The van der Waals surface area contributed by atoms with Crippen molar-refractivity contribution in [1.29, 1.82) is 0 Å². The molecule has 1 heterocycles. The van der Waals surface area contributed by atoms with Gasteiger partial charge in [0.15, 0.2) is 0 Å². The van der Waals surface area contributed by atoms with Crippen molar-refractivity contribution in [3.8, 4) is 0 Å². The van der Waals surface area contributed by atoms with Crippen molar-refractivity contribution in [2.24, 2.45) is 11.3 Å². The Hall–Kier alpha value is -1.36. The van der Waals surface area contributed by atoms with Crippen molar-refractivity contribution in [3.05, 3.63) is 17.5 Å². The smallest absolute Gasteiger partial charge is 0.271 e. The van der Waals surface area contributed by atoms with Gasteiger partial charge in [-0.1, -0.05) is 27.7 Å². The Morgan fingerprint density at radius 1 is 1.45 bits per heavy atom. The highest BCUT2D eigenvalue weighted by Gasteiger charge is 2.22. The van der Waals surface area contributed by atoms with Gasteiger partial charge in [-0.25, -0.2) is 0 Å². The molecule has 3 N–H and O–H groups in total. The summed E-state index contributed by atoms with van der Waals surface area (Å²) in [5.41, 5.74) is 1.27. The molecule has 5 heteroatoms. The Labute approximate surface area is 121 Å². The first-order valence-electron chi connectivity index (χ1n) is 7.20. The summed E-state index contributed by atoms with van der Waals surface area (Å²) < 4.78 is 0. The number of carbonyl (C=O) groups is 1. The summed E-state index contributed by atoms with van der Waals surface area (Å²) >= 11 is 0. The van der Waals surface area contributed by atoms with Gasteiger partial charge < -0.3 is 10.4 Å². The van der Waals surface area contributed by atoms with E-state index in [1.807, 2.05) is 13.8 Å². The second-order valence-corrected chi connectivity index (χ2v) is 6.78. The molecule has 1 unspecified atom stereocenters. The maximum absolute atomic E-state index is 12.0. The molecule has 1 atom stereocenters. The standard InChI is InChI=1S/C15H27N3O2/c1-10(2)6-12-7-13(18-17-12)14(20)16-9-15(4,5)8-11(3)19/h7,10-11,19H,6,8-9H2,1-5H3,(H,16,20)(H,17,18). The Kier molecular flexibility index (Phi) is 5.74. The third-order valence-corrected chi connectivity index (χ3v) is 3.07. The molecule has 20 heavy (non-hydrogen) atoms.